The smallest absolute Gasteiger partial charge is 0.329 e. The van der Waals surface area contributed by atoms with Crippen LogP contribution in [0.5, 0.6) is 0 Å². The number of amides is 2. The van der Waals surface area contributed by atoms with Crippen LogP contribution in [0.2, 0.25) is 5.02 Å². The van der Waals surface area contributed by atoms with Gasteiger partial charge in [-0.3, -0.25) is 14.5 Å². The van der Waals surface area contributed by atoms with Gasteiger partial charge in [0.1, 0.15) is 6.04 Å². The summed E-state index contributed by atoms with van der Waals surface area (Å²) >= 11 is 8.32. The lowest BCUT2D eigenvalue weighted by atomic mass is 10.2. The first-order valence-electron chi connectivity index (χ1n) is 8.86. The number of ether oxygens (including phenoxy) is 1. The Labute approximate surface area is 182 Å². The minimum absolute atomic E-state index is 0.190. The molecule has 0 radical (unpaired) electrons. The largest absolute Gasteiger partial charge is 0.464 e. The fourth-order valence-corrected chi connectivity index (χ4v) is 4.45. The second-order valence-electron chi connectivity index (χ2n) is 6.10. The van der Waals surface area contributed by atoms with Gasteiger partial charge in [0, 0.05) is 14.8 Å². The van der Waals surface area contributed by atoms with Crippen molar-refractivity contribution in [2.24, 2.45) is 0 Å². The minimum Gasteiger partial charge on any atom is -0.464 e. The van der Waals surface area contributed by atoms with Crippen molar-refractivity contribution >= 4 is 58.3 Å². The second kappa shape index (κ2) is 9.52. The van der Waals surface area contributed by atoms with Gasteiger partial charge in [0.2, 0.25) is 0 Å². The Kier molecular flexibility index (Phi) is 7.05. The molecule has 1 saturated heterocycles. The first-order valence-corrected chi connectivity index (χ1v) is 10.9. The standard InChI is InChI=1S/C21H18ClNO4S2/c1-3-27-20(25)13(2)23-19(24)18(29-21(23)26)12-14-4-8-16(9-5-14)28-17-10-6-15(22)7-11-17/h4-13H,3H2,1-2H3/b18-12+/t13-/m1/s1. The summed E-state index contributed by atoms with van der Waals surface area (Å²) in [6.07, 6.45) is 1.65. The molecule has 0 bridgehead atoms. The summed E-state index contributed by atoms with van der Waals surface area (Å²) in [5, 5.41) is 0.215. The van der Waals surface area contributed by atoms with Crippen molar-refractivity contribution in [2.75, 3.05) is 6.61 Å². The highest BCUT2D eigenvalue weighted by molar-refractivity contribution is 8.18. The summed E-state index contributed by atoms with van der Waals surface area (Å²) in [5.41, 5.74) is 0.791. The van der Waals surface area contributed by atoms with Gasteiger partial charge < -0.3 is 4.74 Å². The number of rotatable bonds is 6. The van der Waals surface area contributed by atoms with Crippen molar-refractivity contribution in [2.45, 2.75) is 29.7 Å². The van der Waals surface area contributed by atoms with Gasteiger partial charge in [-0.25, -0.2) is 4.79 Å². The van der Waals surface area contributed by atoms with E-state index in [9.17, 15) is 14.4 Å². The summed E-state index contributed by atoms with van der Waals surface area (Å²) in [5.74, 6) is -1.08. The first-order chi connectivity index (χ1) is 13.9. The van der Waals surface area contributed by atoms with Crippen LogP contribution in [-0.2, 0) is 14.3 Å². The molecule has 3 rings (SSSR count). The van der Waals surface area contributed by atoms with Crippen LogP contribution in [0.1, 0.15) is 19.4 Å². The topological polar surface area (TPSA) is 63.7 Å². The molecule has 1 aliphatic heterocycles. The maximum Gasteiger partial charge on any atom is 0.329 e. The second-order valence-corrected chi connectivity index (χ2v) is 8.68. The molecule has 5 nitrogen and oxygen atoms in total. The average Bonchev–Trinajstić information content (AvgIpc) is 2.98. The number of nitrogens with zero attached hydrogens (tertiary/aromatic N) is 1. The van der Waals surface area contributed by atoms with Crippen LogP contribution in [0.15, 0.2) is 63.2 Å². The van der Waals surface area contributed by atoms with E-state index in [1.54, 1.807) is 24.8 Å². The number of carbonyl (C=O) groups is 3. The number of hydrogen-bond acceptors (Lipinski definition) is 6. The summed E-state index contributed by atoms with van der Waals surface area (Å²) in [7, 11) is 0. The van der Waals surface area contributed by atoms with Gasteiger partial charge in [-0.2, -0.15) is 0 Å². The lowest BCUT2D eigenvalue weighted by Gasteiger charge is -2.19. The van der Waals surface area contributed by atoms with E-state index in [0.29, 0.717) is 5.02 Å². The first kappa shape index (κ1) is 21.5. The number of carbonyl (C=O) groups excluding carboxylic acids is 3. The highest BCUT2D eigenvalue weighted by atomic mass is 35.5. The zero-order valence-electron chi connectivity index (χ0n) is 15.8. The molecule has 1 atom stereocenters. The molecule has 8 heteroatoms. The van der Waals surface area contributed by atoms with Crippen LogP contribution < -0.4 is 0 Å². The Hall–Kier alpha value is -2.22. The number of thioether (sulfide) groups is 1. The van der Waals surface area contributed by atoms with Crippen molar-refractivity contribution in [3.05, 3.63) is 64.0 Å². The Bertz CT molecular complexity index is 958. The molecule has 0 unspecified atom stereocenters. The van der Waals surface area contributed by atoms with E-state index in [1.165, 1.54) is 6.92 Å². The maximum absolute atomic E-state index is 12.6. The molecule has 29 heavy (non-hydrogen) atoms. The minimum atomic E-state index is -0.952. The normalized spacial score (nSPS) is 16.4. The number of imide groups is 1. The molecule has 0 spiro atoms. The van der Waals surface area contributed by atoms with E-state index < -0.39 is 23.2 Å². The van der Waals surface area contributed by atoms with Crippen molar-refractivity contribution in [3.8, 4) is 0 Å². The van der Waals surface area contributed by atoms with E-state index in [2.05, 4.69) is 0 Å². The molecule has 2 amide bonds. The monoisotopic (exact) mass is 447 g/mol. The predicted octanol–water partition coefficient (Wildman–Crippen LogP) is 5.48. The van der Waals surface area contributed by atoms with Crippen LogP contribution in [0.25, 0.3) is 6.08 Å². The molecule has 150 valence electrons. The van der Waals surface area contributed by atoms with Crippen LogP contribution in [0.4, 0.5) is 4.79 Å². The van der Waals surface area contributed by atoms with Gasteiger partial charge >= 0.3 is 5.97 Å². The van der Waals surface area contributed by atoms with Gasteiger partial charge in [-0.05, 0) is 73.6 Å². The van der Waals surface area contributed by atoms with Crippen molar-refractivity contribution in [3.63, 3.8) is 0 Å². The highest BCUT2D eigenvalue weighted by Crippen LogP contribution is 2.34. The van der Waals surface area contributed by atoms with E-state index in [4.69, 9.17) is 16.3 Å². The SMILES string of the molecule is CCOC(=O)[C@@H](C)N1C(=O)S/C(=C/c2ccc(Sc3ccc(Cl)cc3)cc2)C1=O. The van der Waals surface area contributed by atoms with Gasteiger partial charge in [0.15, 0.2) is 0 Å². The molecule has 1 aliphatic rings. The summed E-state index contributed by atoms with van der Waals surface area (Å²) in [6, 6.07) is 14.3. The van der Waals surface area contributed by atoms with Gasteiger partial charge in [-0.1, -0.05) is 35.5 Å². The molecule has 1 heterocycles. The van der Waals surface area contributed by atoms with Gasteiger partial charge in [0.25, 0.3) is 11.1 Å². The quantitative estimate of drug-likeness (QED) is 0.431. The Balaban J connectivity index is 1.71. The molecule has 2 aromatic carbocycles. The van der Waals surface area contributed by atoms with E-state index in [1.807, 2.05) is 48.5 Å². The van der Waals surface area contributed by atoms with Crippen LogP contribution in [0.3, 0.4) is 0 Å². The Morgan fingerprint density at radius 3 is 2.31 bits per heavy atom. The third-order valence-electron chi connectivity index (χ3n) is 4.07. The van der Waals surface area contributed by atoms with Crippen molar-refractivity contribution < 1.29 is 19.1 Å². The summed E-state index contributed by atoms with van der Waals surface area (Å²) < 4.78 is 4.91. The lowest BCUT2D eigenvalue weighted by molar-refractivity contribution is -0.150. The third-order valence-corrected chi connectivity index (χ3v) is 6.22. The molecular weight excluding hydrogens is 430 g/mol. The van der Waals surface area contributed by atoms with Gasteiger partial charge in [0.05, 0.1) is 11.5 Å². The maximum atomic E-state index is 12.6. The molecular formula is C21H18ClNO4S2. The fourth-order valence-electron chi connectivity index (χ4n) is 2.60. The summed E-state index contributed by atoms with van der Waals surface area (Å²) in [6.45, 7) is 3.35. The van der Waals surface area contributed by atoms with E-state index in [-0.39, 0.29) is 11.5 Å². The molecule has 0 saturated carbocycles. The predicted molar refractivity (Wildman–Crippen MR) is 116 cm³/mol. The fraction of sp³-hybridized carbons (Fsp3) is 0.190. The third kappa shape index (κ3) is 5.23. The molecule has 0 aromatic heterocycles. The summed E-state index contributed by atoms with van der Waals surface area (Å²) in [4.78, 5) is 40.0. The number of halogens is 1. The van der Waals surface area contributed by atoms with Crippen LogP contribution in [-0.4, -0.2) is 34.7 Å². The number of hydrogen-bond donors (Lipinski definition) is 0. The molecule has 1 fully saturated rings. The zero-order valence-corrected chi connectivity index (χ0v) is 18.1. The number of esters is 1. The Morgan fingerprint density at radius 1 is 1.14 bits per heavy atom. The lowest BCUT2D eigenvalue weighted by Crippen LogP contribution is -2.42. The van der Waals surface area contributed by atoms with Crippen LogP contribution in [0, 0.1) is 0 Å². The molecule has 2 aromatic rings. The average molecular weight is 448 g/mol. The van der Waals surface area contributed by atoms with Gasteiger partial charge in [-0.15, -0.1) is 0 Å². The van der Waals surface area contributed by atoms with E-state index >= 15 is 0 Å². The van der Waals surface area contributed by atoms with Crippen molar-refractivity contribution in [1.82, 2.24) is 4.90 Å². The van der Waals surface area contributed by atoms with E-state index in [0.717, 1.165) is 32.0 Å². The molecule has 0 aliphatic carbocycles. The number of benzene rings is 2. The highest BCUT2D eigenvalue weighted by Gasteiger charge is 2.41. The molecule has 0 N–H and O–H groups in total. The van der Waals surface area contributed by atoms with Crippen LogP contribution >= 0.6 is 35.1 Å². The van der Waals surface area contributed by atoms with Crippen molar-refractivity contribution in [1.29, 1.82) is 0 Å². The Morgan fingerprint density at radius 2 is 1.72 bits per heavy atom. The zero-order chi connectivity index (χ0) is 21.0.